The molecule has 12 rings (SSSR count). The average Bonchev–Trinajstić information content (AvgIpc) is 1.47. The van der Waals surface area contributed by atoms with Gasteiger partial charge in [0.15, 0.2) is 28.3 Å². The zero-order chi connectivity index (χ0) is 95.6. The Morgan fingerprint density at radius 1 is 0.785 bits per heavy atom. The van der Waals surface area contributed by atoms with Crippen LogP contribution in [0.1, 0.15) is 149 Å². The maximum Gasteiger partial charge on any atom is 0.426 e. The summed E-state index contributed by atoms with van der Waals surface area (Å²) in [6.07, 6.45) is 5.15. The summed E-state index contributed by atoms with van der Waals surface area (Å²) < 4.78 is 17.9. The molecular formula is C87H107N15O26S2. The van der Waals surface area contributed by atoms with Gasteiger partial charge in [-0.1, -0.05) is 72.7 Å². The number of likely N-dealkylation sites (N-methyl/N-ethyl adjacent to an activating group) is 1. The molecule has 130 heavy (non-hydrogen) atoms. The number of benzene rings is 3. The van der Waals surface area contributed by atoms with Crippen molar-refractivity contribution in [1.29, 1.82) is 0 Å². The predicted molar refractivity (Wildman–Crippen MR) is 461 cm³/mol. The van der Waals surface area contributed by atoms with Crippen molar-refractivity contribution >= 4 is 139 Å². The third-order valence-corrected chi connectivity index (χ3v) is 27.2. The molecule has 41 nitrogen and oxygen atoms in total. The maximum absolute atomic E-state index is 15.6. The number of aliphatic hydroxyl groups excluding tert-OH is 1. The zero-order valence-corrected chi connectivity index (χ0v) is 74.6. The predicted octanol–water partition coefficient (Wildman–Crippen LogP) is 2.15. The van der Waals surface area contributed by atoms with Crippen LogP contribution in [0.2, 0.25) is 0 Å². The number of aryl methyl sites for hydroxylation is 1. The number of hydrogen-bond acceptors (Lipinski definition) is 35. The number of carbonyl (C=O) groups excluding carboxylic acids is 17. The van der Waals surface area contributed by atoms with Crippen LogP contribution in [0.25, 0.3) is 22.1 Å². The summed E-state index contributed by atoms with van der Waals surface area (Å²) in [5.41, 5.74) is 8.98. The van der Waals surface area contributed by atoms with Gasteiger partial charge in [-0.2, -0.15) is 38.4 Å². The lowest BCUT2D eigenvalue weighted by atomic mass is 9.47. The molecule has 1 aliphatic carbocycles. The largest absolute Gasteiger partial charge is 0.496 e. The number of ketones is 3. The topological polar surface area (TPSA) is 611 Å². The summed E-state index contributed by atoms with van der Waals surface area (Å²) in [7, 11) is 7.38. The number of para-hydroxylation sites is 1. The lowest BCUT2D eigenvalue weighted by Gasteiger charge is -2.63. The van der Waals surface area contributed by atoms with Gasteiger partial charge >= 0.3 is 42.6 Å². The fourth-order valence-corrected chi connectivity index (χ4v) is 21.0. The molecule has 2 bridgehead atoms. The van der Waals surface area contributed by atoms with Crippen molar-refractivity contribution < 1.29 is 121 Å². The molecule has 14 atom stereocenters. The lowest BCUT2D eigenvalue weighted by Crippen LogP contribution is -2.82. The van der Waals surface area contributed by atoms with Gasteiger partial charge in [-0.3, -0.25) is 63.2 Å². The number of nitrogens with two attached hydrogens (primary N) is 1. The number of nitrogens with one attached hydrogen (secondary N) is 8. The third kappa shape index (κ3) is 23.1. The van der Waals surface area contributed by atoms with Crippen LogP contribution in [0.5, 0.6) is 5.75 Å². The van der Waals surface area contributed by atoms with E-state index in [4.69, 9.17) is 58.3 Å². The molecule has 698 valence electrons. The molecule has 2 saturated heterocycles. The first-order valence-electron chi connectivity index (χ1n) is 41.9. The second-order valence-electron chi connectivity index (χ2n) is 32.5. The first-order valence-corrected chi connectivity index (χ1v) is 44.4. The first kappa shape index (κ1) is 103. The number of amides is 5. The zero-order valence-electron chi connectivity index (χ0n) is 72.9. The number of nitrogens with zero attached hydrogens (tertiary/aromatic N) is 6. The Morgan fingerprint density at radius 2 is 1.48 bits per heavy atom. The van der Waals surface area contributed by atoms with Crippen molar-refractivity contribution in [3.05, 3.63) is 129 Å². The second kappa shape index (κ2) is 46.8. The Labute approximate surface area is 753 Å². The van der Waals surface area contributed by atoms with Crippen LogP contribution in [-0.2, 0) is 110 Å². The Hall–Kier alpha value is -12.4. The van der Waals surface area contributed by atoms with Gasteiger partial charge in [-0.05, 0) is 125 Å². The monoisotopic (exact) mass is 1840 g/mol. The number of carboxylic acids is 1. The number of aromatic nitrogens is 5. The Kier molecular flexibility index (Phi) is 37.1. The summed E-state index contributed by atoms with van der Waals surface area (Å²) in [6.45, 7) is 11.2. The van der Waals surface area contributed by atoms with Gasteiger partial charge in [-0.15, -0.1) is 0 Å². The van der Waals surface area contributed by atoms with Crippen molar-refractivity contribution in [1.82, 2.24) is 61.5 Å². The number of rotatable bonds is 35. The minimum absolute atomic E-state index is 0.0360. The van der Waals surface area contributed by atoms with Crippen LogP contribution in [0.4, 0.5) is 16.2 Å². The molecular weight excluding hydrogens is 1740 g/mol. The molecule has 5 amide bonds. The number of anilines is 2. The van der Waals surface area contributed by atoms with E-state index in [1.807, 2.05) is 67.3 Å². The van der Waals surface area contributed by atoms with Crippen molar-refractivity contribution in [3.63, 3.8) is 0 Å². The summed E-state index contributed by atoms with van der Waals surface area (Å²) in [6, 6.07) is 14.4. The number of hydrazine groups is 1. The number of H-pyrrole nitrogens is 2. The van der Waals surface area contributed by atoms with Gasteiger partial charge < -0.3 is 76.5 Å². The third-order valence-electron chi connectivity index (χ3n) is 24.7. The van der Waals surface area contributed by atoms with E-state index in [1.165, 1.54) is 48.7 Å². The summed E-state index contributed by atoms with van der Waals surface area (Å²) in [5, 5.41) is 60.5. The molecule has 6 aromatic rings. The second-order valence-corrected chi connectivity index (χ2v) is 35.2. The van der Waals surface area contributed by atoms with Crippen LogP contribution in [0.3, 0.4) is 0 Å². The first-order chi connectivity index (χ1) is 62.1. The number of esters is 1. The van der Waals surface area contributed by atoms with E-state index in [1.54, 1.807) is 45.3 Å². The molecule has 1 unspecified atom stereocenters. The summed E-state index contributed by atoms with van der Waals surface area (Å²) in [5.74, 6) is -7.31. The number of aliphatic carboxylic acids is 1. The minimum atomic E-state index is -2.63. The summed E-state index contributed by atoms with van der Waals surface area (Å²) >= 11 is 0. The van der Waals surface area contributed by atoms with E-state index in [2.05, 4.69) is 66.8 Å². The molecule has 3 aromatic heterocycles. The molecule has 43 heteroatoms. The molecule has 1 saturated carbocycles. The number of piperidine rings is 1. The van der Waals surface area contributed by atoms with Gasteiger partial charge in [-0.25, -0.2) is 25.2 Å². The van der Waals surface area contributed by atoms with Crippen molar-refractivity contribution in [2.45, 2.75) is 177 Å². The number of methoxy groups -OCH3 is 2. The maximum atomic E-state index is 15.6. The van der Waals surface area contributed by atoms with Crippen LogP contribution >= 0.6 is 21.6 Å². The average molecular weight is 1840 g/mol. The highest BCUT2D eigenvalue weighted by atomic mass is 33.1. The highest BCUT2D eigenvalue weighted by Gasteiger charge is 2.79. The quantitative estimate of drug-likeness (QED) is 0.00891. The van der Waals surface area contributed by atoms with Gasteiger partial charge in [0.1, 0.15) is 35.5 Å². The smallest absolute Gasteiger partial charge is 0.426 e. The van der Waals surface area contributed by atoms with E-state index >= 15 is 9.59 Å². The van der Waals surface area contributed by atoms with E-state index in [0.29, 0.717) is 122 Å². The number of fused-ring (bicyclic) bond motifs is 7. The molecule has 3 aromatic carbocycles. The molecule has 1 spiro atoms. The Morgan fingerprint density at radius 3 is 2.14 bits per heavy atom. The fraction of sp³-hybridized carbons (Fsp3) is 0.517. The van der Waals surface area contributed by atoms with Crippen molar-refractivity contribution in [2.75, 3.05) is 95.4 Å². The minimum Gasteiger partial charge on any atom is -0.496 e. The van der Waals surface area contributed by atoms with Crippen LogP contribution in [-0.4, -0.2) is 265 Å². The fourth-order valence-electron chi connectivity index (χ4n) is 19.1. The van der Waals surface area contributed by atoms with Gasteiger partial charge in [0.25, 0.3) is 17.4 Å². The van der Waals surface area contributed by atoms with Crippen LogP contribution in [0.15, 0.2) is 83.8 Å². The highest BCUT2D eigenvalue weighted by molar-refractivity contribution is 8.76. The lowest BCUT2D eigenvalue weighted by molar-refractivity contribution is -0.204. The highest BCUT2D eigenvalue weighted by Crippen LogP contribution is 2.68. The molecule has 3 fully saturated rings. The number of aromatic amines is 2. The standard InChI is InChI=1S/C83H107N15O18S2.4CO2/c1-9-79(112)39-49-40-82(77(110)115-8,67-56(24-29-97(44-49)45-79)55-17-11-12-18-59(55)92-67)58-37-57-61(38-64(58)114-7)96(6)74-81(57)26-30-98-28-15-25-80(10-2,73(81)98)75(108)83(74,113)76(109)94-95-78(111)116-31-33-118-117-32-14-19-62(100)60(41-84)93-71(106)51(36-65(102)103)35-63(101)47(4)88-69(104)46(3)34-54(99)16-13-27-85-70(105)50-20-22-52(23-21-50)86-42-53-43-87-68-66(91-53)72(107)90-48(5)89-68;4*2-1-3/h11-12,15,17-18,20-23,25,37-38,43,46-47,49,51,60,73-75,86,92,108,112-113H,9-10,13-14,16,19,24,26-36,39-42,44-45,84H2,1-8H3,(H,85,105)(H,88,104)(H,93,106)(H,94,109)(H,95,111)(H,102,103)(H,87,89,90,107);;;;/t46-,47+,49-,51+,60+,73+,74-,75-,79+,80-,81-,82+,83+;;;;/m1..../s1. The normalized spacial score (nSPS) is 23.1. The summed E-state index contributed by atoms with van der Waals surface area (Å²) in [4.78, 5) is 239. The molecule has 5 aliphatic heterocycles. The number of carbonyl (C=O) groups is 10. The van der Waals surface area contributed by atoms with E-state index in [9.17, 15) is 63.6 Å². The van der Waals surface area contributed by atoms with Crippen molar-refractivity contribution in [3.8, 4) is 5.75 Å². The molecule has 6 aliphatic rings. The Balaban J connectivity index is 0.00000165. The Bertz CT molecular complexity index is 5310. The van der Waals surface area contributed by atoms with E-state index in [-0.39, 0.29) is 117 Å². The number of aliphatic hydroxyl groups is 3. The van der Waals surface area contributed by atoms with Crippen LogP contribution < -0.4 is 53.0 Å². The van der Waals surface area contributed by atoms with E-state index in [0.717, 1.165) is 22.0 Å². The SMILES string of the molecule is CC[C@]1(O)C[C@H]2CN(CCc3c([nH]c4ccccc34)[C@@](C(=O)OC)(c3cc4c(cc3OC)N(C)[C@H]3[C@@](O)(C(=O)NNC(=O)OCCSSCCCC(=O)[C@H](CN)NC(=O)[C@H](CC(=O)O)CC(=O)[C@H](C)NC(=O)[C@H](C)CC(=O)CCCNC(=O)c5ccc(NCc6cnc7nc(C)[nH]c(=O)c7n6)cc5)[C@H](O)[C@]5(CC)C=CCN6CC[C@]43[C@@H]65)C2)C1.O=C=O.O=C=O.O=C=O.O=C=O. The van der Waals surface area contributed by atoms with Crippen LogP contribution in [0, 0.1) is 30.1 Å². The molecule has 8 heterocycles. The van der Waals surface area contributed by atoms with Gasteiger partial charge in [0.2, 0.25) is 11.8 Å². The van der Waals surface area contributed by atoms with E-state index < -0.39 is 135 Å². The number of Topliss-reactive ketones (excluding diaryl/α,β-unsaturated/α-hetero) is 3. The molecule has 14 N–H and O–H groups in total. The number of carboxylic acid groups (broad SMARTS) is 1. The van der Waals surface area contributed by atoms with Crippen molar-refractivity contribution in [2.24, 2.45) is 28.9 Å². The van der Waals surface area contributed by atoms with Gasteiger partial charge in [0.05, 0.1) is 68.7 Å². The number of ether oxygens (including phenoxy) is 3. The molecule has 0 radical (unpaired) electrons. The van der Waals surface area contributed by atoms with Gasteiger partial charge in [0, 0.05) is 151 Å². The number of hydrogen-bond donors (Lipinski definition) is 13.